The van der Waals surface area contributed by atoms with E-state index in [9.17, 15) is 18.0 Å². The number of fused-ring (bicyclic) bond motifs is 3. The van der Waals surface area contributed by atoms with E-state index in [1.165, 1.54) is 0 Å². The Morgan fingerprint density at radius 2 is 1.94 bits per heavy atom. The van der Waals surface area contributed by atoms with Gasteiger partial charge in [0, 0.05) is 61.0 Å². The van der Waals surface area contributed by atoms with Gasteiger partial charge < -0.3 is 14.8 Å². The molecule has 0 aliphatic carbocycles. The Balaban J connectivity index is 1.42. The number of anilines is 1. The molecule has 2 aliphatic heterocycles. The molecule has 0 bridgehead atoms. The minimum Gasteiger partial charge on any atom is -0.371 e. The van der Waals surface area contributed by atoms with Crippen LogP contribution in [0.5, 0.6) is 0 Å². The summed E-state index contributed by atoms with van der Waals surface area (Å²) < 4.78 is 41.9. The Bertz CT molecular complexity index is 1150. The van der Waals surface area contributed by atoms with Crippen LogP contribution in [0.15, 0.2) is 30.7 Å². The smallest absolute Gasteiger partial charge is 0.371 e. The number of aromatic amines is 1. The van der Waals surface area contributed by atoms with Crippen LogP contribution < -0.4 is 4.90 Å². The number of hydrogen-bond acceptors (Lipinski definition) is 4. The average molecular weight is 460 g/mol. The number of halogens is 3. The topological polar surface area (TPSA) is 65.1 Å². The molecule has 176 valence electrons. The molecule has 5 rings (SSSR count). The van der Waals surface area contributed by atoms with Gasteiger partial charge in [0.2, 0.25) is 5.91 Å². The number of nitrogens with zero attached hydrogens (tertiary/aromatic N) is 4. The zero-order chi connectivity index (χ0) is 23.2. The third kappa shape index (κ3) is 3.91. The minimum absolute atomic E-state index is 0.107. The highest BCUT2D eigenvalue weighted by atomic mass is 19.4. The third-order valence-corrected chi connectivity index (χ3v) is 7.36. The summed E-state index contributed by atoms with van der Waals surface area (Å²) in [6, 6.07) is 3.20. The van der Waals surface area contributed by atoms with Crippen LogP contribution in [0.3, 0.4) is 0 Å². The van der Waals surface area contributed by atoms with Crippen molar-refractivity contribution in [1.29, 1.82) is 0 Å². The van der Waals surface area contributed by atoms with Gasteiger partial charge in [0.05, 0.1) is 17.6 Å². The second-order valence-electron chi connectivity index (χ2n) is 9.14. The van der Waals surface area contributed by atoms with Gasteiger partial charge in [-0.1, -0.05) is 6.92 Å². The maximum absolute atomic E-state index is 14.0. The van der Waals surface area contributed by atoms with E-state index < -0.39 is 18.1 Å². The second kappa shape index (κ2) is 8.50. The SMILES string of the molecule is CCC(=O)N1CCCC(C(F)(F)F)C1C1CCN(c2cc[nH]c3cnc4nccc4c23)CC1. The summed E-state index contributed by atoms with van der Waals surface area (Å²) in [5.41, 5.74) is 2.63. The van der Waals surface area contributed by atoms with E-state index in [0.29, 0.717) is 44.5 Å². The van der Waals surface area contributed by atoms with Crippen molar-refractivity contribution < 1.29 is 18.0 Å². The van der Waals surface area contributed by atoms with E-state index in [-0.39, 0.29) is 24.7 Å². The van der Waals surface area contributed by atoms with Crippen molar-refractivity contribution in [1.82, 2.24) is 19.9 Å². The molecule has 3 aromatic rings. The first-order valence-electron chi connectivity index (χ1n) is 11.7. The summed E-state index contributed by atoms with van der Waals surface area (Å²) in [4.78, 5) is 28.3. The maximum Gasteiger partial charge on any atom is 0.393 e. The number of nitrogens with one attached hydrogen (secondary N) is 1. The zero-order valence-electron chi connectivity index (χ0n) is 18.6. The van der Waals surface area contributed by atoms with Gasteiger partial charge in [-0.3, -0.25) is 4.79 Å². The number of aromatic nitrogens is 3. The van der Waals surface area contributed by atoms with Crippen molar-refractivity contribution >= 4 is 33.5 Å². The molecular formula is C24H28F3N5O. The van der Waals surface area contributed by atoms with Gasteiger partial charge in [-0.05, 0) is 43.7 Å². The molecule has 0 spiro atoms. The maximum atomic E-state index is 14.0. The van der Waals surface area contributed by atoms with Crippen LogP contribution in [0.2, 0.25) is 0 Å². The Hall–Kier alpha value is -2.84. The molecule has 0 aromatic carbocycles. The molecule has 2 unspecified atom stereocenters. The molecule has 2 saturated heterocycles. The standard InChI is InChI=1S/C24H28F3N5O/c1-2-20(33)32-11-3-4-17(24(25,26)27)22(32)15-7-12-31(13-8-15)19-6-10-28-18-14-30-23-16(21(18)19)5-9-29-23/h5-6,9-10,14-15,17,22,28H,2-4,7-8,11-13H2,1H3. The van der Waals surface area contributed by atoms with Crippen molar-refractivity contribution in [3.63, 3.8) is 0 Å². The number of carbonyl (C=O) groups excluding carboxylic acids is 1. The Labute approximate surface area is 190 Å². The van der Waals surface area contributed by atoms with Crippen molar-refractivity contribution in [2.75, 3.05) is 24.5 Å². The first-order chi connectivity index (χ1) is 15.9. The van der Waals surface area contributed by atoms with Gasteiger partial charge in [0.15, 0.2) is 5.65 Å². The predicted octanol–water partition coefficient (Wildman–Crippen LogP) is 4.91. The fourth-order valence-electron chi connectivity index (χ4n) is 5.84. The molecule has 3 aromatic heterocycles. The summed E-state index contributed by atoms with van der Waals surface area (Å²) in [5, 5.41) is 2.00. The van der Waals surface area contributed by atoms with Gasteiger partial charge in [0.1, 0.15) is 0 Å². The summed E-state index contributed by atoms with van der Waals surface area (Å²) >= 11 is 0. The van der Waals surface area contributed by atoms with Gasteiger partial charge >= 0.3 is 6.18 Å². The number of carbonyl (C=O) groups is 1. The minimum atomic E-state index is -4.29. The van der Waals surface area contributed by atoms with Crippen LogP contribution in [0, 0.1) is 11.8 Å². The Morgan fingerprint density at radius 3 is 2.67 bits per heavy atom. The number of pyridine rings is 2. The summed E-state index contributed by atoms with van der Waals surface area (Å²) in [6.45, 7) is 3.46. The van der Waals surface area contributed by atoms with Crippen molar-refractivity contribution in [2.24, 2.45) is 11.8 Å². The van der Waals surface area contributed by atoms with E-state index >= 15 is 0 Å². The van der Waals surface area contributed by atoms with Crippen LogP contribution in [-0.4, -0.2) is 57.6 Å². The van der Waals surface area contributed by atoms with E-state index in [1.54, 1.807) is 24.2 Å². The molecule has 2 atom stereocenters. The average Bonchev–Trinajstić information content (AvgIpc) is 3.31. The second-order valence-corrected chi connectivity index (χ2v) is 9.14. The molecule has 0 saturated carbocycles. The number of amides is 1. The normalized spacial score (nSPS) is 22.9. The lowest BCUT2D eigenvalue weighted by molar-refractivity contribution is -0.208. The number of alkyl halides is 3. The van der Waals surface area contributed by atoms with Gasteiger partial charge in [0.25, 0.3) is 0 Å². The van der Waals surface area contributed by atoms with Crippen LogP contribution in [-0.2, 0) is 4.79 Å². The highest BCUT2D eigenvalue weighted by Gasteiger charge is 2.51. The molecule has 1 N–H and O–H groups in total. The van der Waals surface area contributed by atoms with Crippen LogP contribution in [0.1, 0.15) is 39.0 Å². The molecular weight excluding hydrogens is 431 g/mol. The summed E-state index contributed by atoms with van der Waals surface area (Å²) in [6.07, 6.45) is 3.09. The lowest BCUT2D eigenvalue weighted by atomic mass is 9.76. The van der Waals surface area contributed by atoms with Crippen LogP contribution in [0.4, 0.5) is 18.9 Å². The fourth-order valence-corrected chi connectivity index (χ4v) is 5.84. The monoisotopic (exact) mass is 459 g/mol. The summed E-state index contributed by atoms with van der Waals surface area (Å²) in [5.74, 6) is -1.77. The van der Waals surface area contributed by atoms with Gasteiger partial charge in [-0.15, -0.1) is 0 Å². The van der Waals surface area contributed by atoms with E-state index in [4.69, 9.17) is 0 Å². The number of piperidine rings is 2. The molecule has 2 fully saturated rings. The van der Waals surface area contributed by atoms with Gasteiger partial charge in [-0.25, -0.2) is 9.97 Å². The number of hydrogen-bond donors (Lipinski definition) is 1. The molecule has 9 heteroatoms. The molecule has 6 nitrogen and oxygen atoms in total. The fraction of sp³-hybridized carbons (Fsp3) is 0.542. The first kappa shape index (κ1) is 22.0. The number of rotatable bonds is 3. The third-order valence-electron chi connectivity index (χ3n) is 7.36. The lowest BCUT2D eigenvalue weighted by Crippen LogP contribution is -2.57. The predicted molar refractivity (Wildman–Crippen MR) is 121 cm³/mol. The molecule has 0 radical (unpaired) electrons. The highest BCUT2D eigenvalue weighted by molar-refractivity contribution is 6.09. The van der Waals surface area contributed by atoms with E-state index in [0.717, 1.165) is 22.0 Å². The van der Waals surface area contributed by atoms with Crippen molar-refractivity contribution in [3.05, 3.63) is 30.7 Å². The first-order valence-corrected chi connectivity index (χ1v) is 11.7. The molecule has 2 aliphatic rings. The Morgan fingerprint density at radius 1 is 1.15 bits per heavy atom. The molecule has 1 amide bonds. The highest BCUT2D eigenvalue weighted by Crippen LogP contribution is 2.43. The number of H-pyrrole nitrogens is 1. The quantitative estimate of drug-likeness (QED) is 0.605. The molecule has 5 heterocycles. The summed E-state index contributed by atoms with van der Waals surface area (Å²) in [7, 11) is 0. The molecule has 33 heavy (non-hydrogen) atoms. The lowest BCUT2D eigenvalue weighted by Gasteiger charge is -2.48. The van der Waals surface area contributed by atoms with Crippen LogP contribution in [0.25, 0.3) is 21.9 Å². The largest absolute Gasteiger partial charge is 0.393 e. The zero-order valence-corrected chi connectivity index (χ0v) is 18.6. The Kier molecular flexibility index (Phi) is 5.66. The van der Waals surface area contributed by atoms with Crippen LogP contribution >= 0.6 is 0 Å². The number of likely N-dealkylation sites (tertiary alicyclic amines) is 1. The van der Waals surface area contributed by atoms with Crippen molar-refractivity contribution in [2.45, 2.75) is 51.2 Å². The van der Waals surface area contributed by atoms with Crippen molar-refractivity contribution in [3.8, 4) is 0 Å². The van der Waals surface area contributed by atoms with Gasteiger partial charge in [-0.2, -0.15) is 13.2 Å². The van der Waals surface area contributed by atoms with E-state index in [2.05, 4.69) is 19.9 Å². The van der Waals surface area contributed by atoms with E-state index in [1.807, 2.05) is 18.3 Å².